The molecular formula is C12H20N2O3S2. The number of carbonyl (C=O) groups excluding carboxylic acids is 1. The lowest BCUT2D eigenvalue weighted by atomic mass is 10.0. The molecule has 0 saturated carbocycles. The SMILES string of the molecule is CCC(CC)C(=O)N=C1S[C@@H]2CS(=O)(=O)C[C@@H]2N1C. The van der Waals surface area contributed by atoms with Crippen molar-refractivity contribution in [2.45, 2.75) is 38.0 Å². The van der Waals surface area contributed by atoms with Gasteiger partial charge in [-0.1, -0.05) is 25.6 Å². The van der Waals surface area contributed by atoms with E-state index in [1.54, 1.807) is 0 Å². The summed E-state index contributed by atoms with van der Waals surface area (Å²) in [6.07, 6.45) is 1.59. The molecule has 19 heavy (non-hydrogen) atoms. The van der Waals surface area contributed by atoms with Crippen LogP contribution in [0.25, 0.3) is 0 Å². The van der Waals surface area contributed by atoms with Crippen LogP contribution < -0.4 is 0 Å². The van der Waals surface area contributed by atoms with Crippen LogP contribution in [0.4, 0.5) is 0 Å². The van der Waals surface area contributed by atoms with E-state index in [9.17, 15) is 13.2 Å². The topological polar surface area (TPSA) is 66.8 Å². The first-order valence-electron chi connectivity index (χ1n) is 6.60. The van der Waals surface area contributed by atoms with Crippen LogP contribution in [-0.4, -0.2) is 54.2 Å². The van der Waals surface area contributed by atoms with Gasteiger partial charge in [0.15, 0.2) is 15.0 Å². The van der Waals surface area contributed by atoms with Crippen molar-refractivity contribution in [3.05, 3.63) is 0 Å². The van der Waals surface area contributed by atoms with E-state index in [1.807, 2.05) is 25.8 Å². The van der Waals surface area contributed by atoms with E-state index in [2.05, 4.69) is 4.99 Å². The number of hydrogen-bond donors (Lipinski definition) is 0. The molecule has 0 aromatic rings. The smallest absolute Gasteiger partial charge is 0.251 e. The Morgan fingerprint density at radius 1 is 1.42 bits per heavy atom. The maximum atomic E-state index is 12.0. The third kappa shape index (κ3) is 2.97. The Balaban J connectivity index is 2.11. The van der Waals surface area contributed by atoms with E-state index in [0.29, 0.717) is 5.17 Å². The van der Waals surface area contributed by atoms with E-state index in [-0.39, 0.29) is 34.6 Å². The zero-order valence-corrected chi connectivity index (χ0v) is 13.1. The second kappa shape index (κ2) is 5.44. The normalized spacial score (nSPS) is 31.2. The van der Waals surface area contributed by atoms with Gasteiger partial charge < -0.3 is 4.90 Å². The molecule has 0 unspecified atom stereocenters. The summed E-state index contributed by atoms with van der Waals surface area (Å²) in [5.74, 6) is 0.275. The third-order valence-corrected chi connectivity index (χ3v) is 7.17. The van der Waals surface area contributed by atoms with Crippen LogP contribution in [0.5, 0.6) is 0 Å². The average Bonchev–Trinajstić information content (AvgIpc) is 2.76. The van der Waals surface area contributed by atoms with E-state index in [4.69, 9.17) is 0 Å². The van der Waals surface area contributed by atoms with Gasteiger partial charge in [0.25, 0.3) is 5.91 Å². The molecule has 2 aliphatic rings. The fraction of sp³-hybridized carbons (Fsp3) is 0.833. The van der Waals surface area contributed by atoms with Crippen LogP contribution in [0.1, 0.15) is 26.7 Å². The number of aliphatic imine (C=N–C) groups is 1. The molecule has 0 aromatic carbocycles. The maximum Gasteiger partial charge on any atom is 0.251 e. The highest BCUT2D eigenvalue weighted by Gasteiger charge is 2.47. The molecule has 2 saturated heterocycles. The summed E-state index contributed by atoms with van der Waals surface area (Å²) < 4.78 is 23.1. The Morgan fingerprint density at radius 3 is 2.58 bits per heavy atom. The molecule has 108 valence electrons. The van der Waals surface area contributed by atoms with Crippen molar-refractivity contribution in [2.75, 3.05) is 18.6 Å². The summed E-state index contributed by atoms with van der Waals surface area (Å²) in [5, 5.41) is 0.713. The number of sulfone groups is 1. The maximum absolute atomic E-state index is 12.0. The minimum atomic E-state index is -2.92. The monoisotopic (exact) mass is 304 g/mol. The van der Waals surface area contributed by atoms with Gasteiger partial charge >= 0.3 is 0 Å². The first-order chi connectivity index (χ1) is 8.88. The summed E-state index contributed by atoms with van der Waals surface area (Å²) in [5.41, 5.74) is 0. The van der Waals surface area contributed by atoms with Crippen molar-refractivity contribution in [2.24, 2.45) is 10.9 Å². The number of hydrogen-bond acceptors (Lipinski definition) is 4. The van der Waals surface area contributed by atoms with Gasteiger partial charge in [-0.3, -0.25) is 4.79 Å². The van der Waals surface area contributed by atoms with Gasteiger partial charge in [-0.25, -0.2) is 8.42 Å². The molecule has 1 amide bonds. The number of amidine groups is 1. The average molecular weight is 304 g/mol. The highest BCUT2D eigenvalue weighted by molar-refractivity contribution is 8.15. The summed E-state index contributed by atoms with van der Waals surface area (Å²) in [6, 6.07) is -0.0248. The van der Waals surface area contributed by atoms with Crippen molar-refractivity contribution in [3.63, 3.8) is 0 Å². The Bertz CT molecular complexity index is 497. The summed E-state index contributed by atoms with van der Waals surface area (Å²) in [6.45, 7) is 3.97. The second-order valence-corrected chi connectivity index (χ2v) is 8.52. The molecule has 0 spiro atoms. The molecule has 2 fully saturated rings. The predicted octanol–water partition coefficient (Wildman–Crippen LogP) is 1.15. The van der Waals surface area contributed by atoms with Gasteiger partial charge in [-0.2, -0.15) is 4.99 Å². The molecule has 0 bridgehead atoms. The highest BCUT2D eigenvalue weighted by atomic mass is 32.2. The van der Waals surface area contributed by atoms with Gasteiger partial charge in [0, 0.05) is 18.2 Å². The first-order valence-corrected chi connectivity index (χ1v) is 9.30. The second-order valence-electron chi connectivity index (χ2n) is 5.16. The van der Waals surface area contributed by atoms with Crippen molar-refractivity contribution >= 4 is 32.7 Å². The van der Waals surface area contributed by atoms with Crippen LogP contribution >= 0.6 is 11.8 Å². The number of rotatable bonds is 3. The molecule has 2 heterocycles. The van der Waals surface area contributed by atoms with Gasteiger partial charge in [0.1, 0.15) is 0 Å². The third-order valence-electron chi connectivity index (χ3n) is 3.87. The van der Waals surface area contributed by atoms with Crippen LogP contribution in [0.2, 0.25) is 0 Å². The zero-order valence-electron chi connectivity index (χ0n) is 11.5. The zero-order chi connectivity index (χ0) is 14.2. The van der Waals surface area contributed by atoms with E-state index >= 15 is 0 Å². The van der Waals surface area contributed by atoms with Gasteiger partial charge in [0.2, 0.25) is 0 Å². The molecule has 2 rings (SSSR count). The Morgan fingerprint density at radius 2 is 2.05 bits per heavy atom. The fourth-order valence-electron chi connectivity index (χ4n) is 2.56. The molecule has 2 aliphatic heterocycles. The van der Waals surface area contributed by atoms with E-state index in [0.717, 1.165) is 12.8 Å². The molecule has 5 nitrogen and oxygen atoms in total. The van der Waals surface area contributed by atoms with Crippen LogP contribution in [-0.2, 0) is 14.6 Å². The lowest BCUT2D eigenvalue weighted by Crippen LogP contribution is -2.34. The molecule has 0 radical (unpaired) electrons. The van der Waals surface area contributed by atoms with E-state index < -0.39 is 9.84 Å². The molecule has 0 N–H and O–H groups in total. The minimum Gasteiger partial charge on any atom is -0.349 e. The van der Waals surface area contributed by atoms with Crippen molar-refractivity contribution in [3.8, 4) is 0 Å². The first kappa shape index (κ1) is 14.8. The Labute approximate surface area is 118 Å². The van der Waals surface area contributed by atoms with E-state index in [1.165, 1.54) is 11.8 Å². The Kier molecular flexibility index (Phi) is 4.25. The van der Waals surface area contributed by atoms with Crippen molar-refractivity contribution in [1.82, 2.24) is 4.90 Å². The molecule has 0 aliphatic carbocycles. The predicted molar refractivity (Wildman–Crippen MR) is 78.1 cm³/mol. The van der Waals surface area contributed by atoms with Gasteiger partial charge in [-0.15, -0.1) is 0 Å². The quantitative estimate of drug-likeness (QED) is 0.782. The summed E-state index contributed by atoms with van der Waals surface area (Å²) in [7, 11) is -1.09. The van der Waals surface area contributed by atoms with Crippen molar-refractivity contribution < 1.29 is 13.2 Å². The van der Waals surface area contributed by atoms with Gasteiger partial charge in [-0.05, 0) is 12.8 Å². The number of nitrogens with zero attached hydrogens (tertiary/aromatic N) is 2. The number of thioether (sulfide) groups is 1. The largest absolute Gasteiger partial charge is 0.349 e. The van der Waals surface area contributed by atoms with Crippen LogP contribution in [0, 0.1) is 5.92 Å². The lowest BCUT2D eigenvalue weighted by molar-refractivity contribution is -0.121. The minimum absolute atomic E-state index is 0.0225. The number of amides is 1. The van der Waals surface area contributed by atoms with Gasteiger partial charge in [0.05, 0.1) is 17.5 Å². The Hall–Kier alpha value is -0.560. The standard InChI is InChI=1S/C12H20N2O3S2/c1-4-8(5-2)11(15)13-12-14(3)9-6-19(16,17)7-10(9)18-12/h8-10H,4-7H2,1-3H3/t9-,10+/m0/s1. The number of fused-ring (bicyclic) bond motifs is 1. The molecule has 0 aromatic heterocycles. The number of carbonyl (C=O) groups is 1. The van der Waals surface area contributed by atoms with Crippen LogP contribution in [0.3, 0.4) is 0 Å². The highest BCUT2D eigenvalue weighted by Crippen LogP contribution is 2.37. The summed E-state index contributed by atoms with van der Waals surface area (Å²) in [4.78, 5) is 18.1. The molecule has 7 heteroatoms. The molecular weight excluding hydrogens is 284 g/mol. The van der Waals surface area contributed by atoms with Crippen LogP contribution in [0.15, 0.2) is 4.99 Å². The lowest BCUT2D eigenvalue weighted by Gasteiger charge is -2.18. The molecule has 2 atom stereocenters. The van der Waals surface area contributed by atoms with Crippen molar-refractivity contribution in [1.29, 1.82) is 0 Å². The fourth-order valence-corrected chi connectivity index (χ4v) is 6.56. The summed E-state index contributed by atoms with van der Waals surface area (Å²) >= 11 is 1.43.